The summed E-state index contributed by atoms with van der Waals surface area (Å²) in [6.45, 7) is 0. The van der Waals surface area contributed by atoms with Crippen molar-refractivity contribution in [2.45, 2.75) is 6.04 Å². The lowest BCUT2D eigenvalue weighted by Crippen LogP contribution is -2.28. The molecule has 0 aromatic carbocycles. The van der Waals surface area contributed by atoms with E-state index in [0.717, 1.165) is 6.34 Å². The Labute approximate surface area is 83.2 Å². The lowest BCUT2D eigenvalue weighted by Gasteiger charge is -2.10. The van der Waals surface area contributed by atoms with Gasteiger partial charge in [0.15, 0.2) is 11.9 Å². The van der Waals surface area contributed by atoms with Crippen molar-refractivity contribution in [2.75, 3.05) is 0 Å². The molecule has 6 nitrogen and oxygen atoms in total. The third-order valence-electron chi connectivity index (χ3n) is 1.51. The second-order valence-electron chi connectivity index (χ2n) is 2.42. The van der Waals surface area contributed by atoms with E-state index in [1.807, 2.05) is 0 Å². The topological polar surface area (TPSA) is 83.6 Å². The van der Waals surface area contributed by atoms with Crippen LogP contribution >= 0.6 is 11.6 Å². The highest BCUT2D eigenvalue weighted by Gasteiger charge is 2.32. The SMILES string of the molecule is O=S(=O)(F)C1=NC2=NC=NC2C(Cl)=N1. The summed E-state index contributed by atoms with van der Waals surface area (Å²) in [5.74, 6) is 0.0289. The summed E-state index contributed by atoms with van der Waals surface area (Å²) in [6.07, 6.45) is 1.16. The Morgan fingerprint density at radius 1 is 1.43 bits per heavy atom. The van der Waals surface area contributed by atoms with Crippen LogP contribution in [0.2, 0.25) is 0 Å². The lowest BCUT2D eigenvalue weighted by atomic mass is 10.3. The summed E-state index contributed by atoms with van der Waals surface area (Å²) in [4.78, 5) is 14.0. The number of halogens is 2. The van der Waals surface area contributed by atoms with Crippen molar-refractivity contribution in [1.29, 1.82) is 0 Å². The number of aliphatic imine (C=N–C) groups is 4. The predicted octanol–water partition coefficient (Wildman–Crippen LogP) is 0.102. The molecule has 0 amide bonds. The molecular formula is C5H2ClFN4O2S. The molecule has 2 aliphatic rings. The van der Waals surface area contributed by atoms with E-state index in [1.54, 1.807) is 0 Å². The minimum atomic E-state index is -4.96. The zero-order chi connectivity index (χ0) is 10.3. The smallest absolute Gasteiger partial charge is 0.255 e. The Bertz CT molecular complexity index is 506. The van der Waals surface area contributed by atoms with Gasteiger partial charge >= 0.3 is 10.2 Å². The van der Waals surface area contributed by atoms with Gasteiger partial charge in [-0.25, -0.2) is 9.98 Å². The number of fused-ring (bicyclic) bond motifs is 1. The van der Waals surface area contributed by atoms with Crippen LogP contribution in [0.3, 0.4) is 0 Å². The molecule has 0 fully saturated rings. The van der Waals surface area contributed by atoms with E-state index in [4.69, 9.17) is 11.6 Å². The fraction of sp³-hybridized carbons (Fsp3) is 0.200. The molecule has 74 valence electrons. The van der Waals surface area contributed by atoms with Crippen molar-refractivity contribution >= 4 is 44.3 Å². The maximum absolute atomic E-state index is 12.5. The van der Waals surface area contributed by atoms with Gasteiger partial charge in [0.25, 0.3) is 5.17 Å². The Balaban J connectivity index is 2.51. The number of hydrogen-bond acceptors (Lipinski definition) is 6. The molecule has 0 saturated heterocycles. The van der Waals surface area contributed by atoms with Crippen molar-refractivity contribution in [3.8, 4) is 0 Å². The van der Waals surface area contributed by atoms with E-state index in [2.05, 4.69) is 20.0 Å². The van der Waals surface area contributed by atoms with Crippen LogP contribution in [0.1, 0.15) is 0 Å². The quantitative estimate of drug-likeness (QED) is 0.559. The van der Waals surface area contributed by atoms with E-state index in [1.165, 1.54) is 0 Å². The van der Waals surface area contributed by atoms with Gasteiger partial charge in [0, 0.05) is 0 Å². The highest BCUT2D eigenvalue weighted by atomic mass is 35.5. The molecule has 2 heterocycles. The largest absolute Gasteiger partial charge is 0.368 e. The third kappa shape index (κ3) is 1.46. The zero-order valence-electron chi connectivity index (χ0n) is 6.42. The van der Waals surface area contributed by atoms with Crippen LogP contribution in [0.15, 0.2) is 20.0 Å². The zero-order valence-corrected chi connectivity index (χ0v) is 8.00. The van der Waals surface area contributed by atoms with Gasteiger partial charge in [-0.15, -0.1) is 0 Å². The first-order chi connectivity index (χ1) is 6.48. The van der Waals surface area contributed by atoms with E-state index in [-0.39, 0.29) is 11.0 Å². The maximum atomic E-state index is 12.5. The van der Waals surface area contributed by atoms with Crippen LogP contribution in [0.4, 0.5) is 3.89 Å². The third-order valence-corrected chi connectivity index (χ3v) is 2.42. The van der Waals surface area contributed by atoms with E-state index < -0.39 is 21.4 Å². The lowest BCUT2D eigenvalue weighted by molar-refractivity contribution is 0.566. The molecule has 0 aromatic rings. The first-order valence-electron chi connectivity index (χ1n) is 3.35. The summed E-state index contributed by atoms with van der Waals surface area (Å²) in [6, 6.07) is -0.692. The van der Waals surface area contributed by atoms with Gasteiger partial charge in [0.05, 0.1) is 0 Å². The van der Waals surface area contributed by atoms with Crippen LogP contribution in [0.25, 0.3) is 0 Å². The van der Waals surface area contributed by atoms with E-state index >= 15 is 0 Å². The highest BCUT2D eigenvalue weighted by Crippen LogP contribution is 2.16. The van der Waals surface area contributed by atoms with Gasteiger partial charge in [-0.05, 0) is 0 Å². The number of hydrogen-bond donors (Lipinski definition) is 0. The monoisotopic (exact) mass is 236 g/mol. The second kappa shape index (κ2) is 2.92. The summed E-state index contributed by atoms with van der Waals surface area (Å²) in [5, 5.41) is -1.15. The molecule has 0 aliphatic carbocycles. The first-order valence-corrected chi connectivity index (χ1v) is 5.11. The summed E-state index contributed by atoms with van der Waals surface area (Å²) >= 11 is 5.56. The van der Waals surface area contributed by atoms with Crippen molar-refractivity contribution in [3.05, 3.63) is 0 Å². The van der Waals surface area contributed by atoms with Crippen LogP contribution in [0, 0.1) is 0 Å². The fourth-order valence-electron chi connectivity index (χ4n) is 0.939. The molecule has 0 aromatic heterocycles. The molecule has 1 atom stereocenters. The number of amidine groups is 2. The van der Waals surface area contributed by atoms with Crippen molar-refractivity contribution in [1.82, 2.24) is 0 Å². The fourth-order valence-corrected chi connectivity index (χ4v) is 1.63. The van der Waals surface area contributed by atoms with Crippen LogP contribution in [0.5, 0.6) is 0 Å². The molecule has 0 N–H and O–H groups in total. The molecule has 0 radical (unpaired) electrons. The molecule has 2 rings (SSSR count). The summed E-state index contributed by atoms with van der Waals surface area (Å²) in [5.41, 5.74) is 0. The van der Waals surface area contributed by atoms with Crippen LogP contribution in [-0.2, 0) is 10.2 Å². The van der Waals surface area contributed by atoms with E-state index in [9.17, 15) is 12.3 Å². The van der Waals surface area contributed by atoms with Gasteiger partial charge < -0.3 is 0 Å². The Kier molecular flexibility index (Phi) is 1.96. The minimum Gasteiger partial charge on any atom is -0.255 e. The molecule has 0 bridgehead atoms. The molecule has 1 unspecified atom stereocenters. The number of rotatable bonds is 0. The molecule has 14 heavy (non-hydrogen) atoms. The van der Waals surface area contributed by atoms with Gasteiger partial charge in [-0.2, -0.15) is 13.4 Å². The average molecular weight is 237 g/mol. The molecule has 0 spiro atoms. The Morgan fingerprint density at radius 2 is 2.14 bits per heavy atom. The predicted molar refractivity (Wildman–Crippen MR) is 50.5 cm³/mol. The molecular weight excluding hydrogens is 235 g/mol. The first kappa shape index (κ1) is 9.41. The highest BCUT2D eigenvalue weighted by molar-refractivity contribution is 8.02. The van der Waals surface area contributed by atoms with Crippen molar-refractivity contribution < 1.29 is 12.3 Å². The van der Waals surface area contributed by atoms with Gasteiger partial charge in [-0.3, -0.25) is 4.99 Å². The van der Waals surface area contributed by atoms with Crippen LogP contribution < -0.4 is 0 Å². The van der Waals surface area contributed by atoms with Crippen molar-refractivity contribution in [2.24, 2.45) is 20.0 Å². The van der Waals surface area contributed by atoms with Gasteiger partial charge in [-0.1, -0.05) is 15.5 Å². The average Bonchev–Trinajstić information content (AvgIpc) is 2.50. The maximum Gasteiger partial charge on any atom is 0.368 e. The second-order valence-corrected chi connectivity index (χ2v) is 4.05. The van der Waals surface area contributed by atoms with Gasteiger partial charge in [0.1, 0.15) is 11.5 Å². The summed E-state index contributed by atoms with van der Waals surface area (Å²) < 4.78 is 33.4. The molecule has 9 heteroatoms. The molecule has 2 aliphatic heterocycles. The standard InChI is InChI=1S/C5H2ClFN4O2S/c6-3-2-4(9-1-8-2)11-5(10-3)14(7,12)13/h1-2H. The van der Waals surface area contributed by atoms with E-state index in [0.29, 0.717) is 0 Å². The van der Waals surface area contributed by atoms with Gasteiger partial charge in [0.2, 0.25) is 0 Å². The molecule has 0 saturated carbocycles. The normalized spacial score (nSPS) is 25.3. The van der Waals surface area contributed by atoms with Crippen LogP contribution in [-0.4, -0.2) is 37.0 Å². The Morgan fingerprint density at radius 3 is 2.79 bits per heavy atom. The summed E-state index contributed by atoms with van der Waals surface area (Å²) in [7, 11) is -4.96. The number of nitrogens with zero attached hydrogens (tertiary/aromatic N) is 4. The Hall–Kier alpha value is -1.15. The van der Waals surface area contributed by atoms with Crippen molar-refractivity contribution in [3.63, 3.8) is 0 Å². The minimum absolute atomic E-state index is 0.0289.